The molecule has 5 nitrogen and oxygen atoms in total. The number of benzene rings is 2. The lowest BCUT2D eigenvalue weighted by atomic mass is 10.1. The van der Waals surface area contributed by atoms with Crippen LogP contribution in [-0.4, -0.2) is 36.3 Å². The lowest BCUT2D eigenvalue weighted by Crippen LogP contribution is -2.35. The van der Waals surface area contributed by atoms with Gasteiger partial charge in [0.05, 0.1) is 12.6 Å². The van der Waals surface area contributed by atoms with E-state index in [1.54, 1.807) is 0 Å². The number of hydrogen-bond donors (Lipinski definition) is 2. The molecule has 0 bridgehead atoms. The number of hydrogen-bond acceptors (Lipinski definition) is 3. The van der Waals surface area contributed by atoms with Gasteiger partial charge in [-0.3, -0.25) is 9.59 Å². The number of nitrogens with zero attached hydrogens (tertiary/aromatic N) is 1. The molecule has 0 radical (unpaired) electrons. The normalized spacial score (nSPS) is 15.1. The standard InChI is InChI=1S/C22H27N3O2/c1-17(18-9-4-2-5-10-18)24-21(26)16-23-20-12-8-11-19(15-20)22(27)25-13-6-3-7-14-25/h2,4-5,8-12,15,17,23H,3,6-7,13-14,16H2,1H3,(H,24,26). The molecular weight excluding hydrogens is 338 g/mol. The maximum atomic E-state index is 12.6. The second-order valence-electron chi connectivity index (χ2n) is 6.99. The van der Waals surface area contributed by atoms with Crippen LogP contribution in [-0.2, 0) is 4.79 Å². The molecule has 1 saturated heterocycles. The number of rotatable bonds is 6. The Hall–Kier alpha value is -2.82. The molecule has 5 heteroatoms. The molecule has 1 aliphatic rings. The van der Waals surface area contributed by atoms with Crippen molar-refractivity contribution in [1.82, 2.24) is 10.2 Å². The number of nitrogens with one attached hydrogen (secondary N) is 2. The van der Waals surface area contributed by atoms with Crippen LogP contribution in [0.5, 0.6) is 0 Å². The minimum atomic E-state index is -0.0842. The van der Waals surface area contributed by atoms with Gasteiger partial charge in [-0.15, -0.1) is 0 Å². The predicted octanol–water partition coefficient (Wildman–Crippen LogP) is 3.60. The summed E-state index contributed by atoms with van der Waals surface area (Å²) in [6.07, 6.45) is 3.34. The van der Waals surface area contributed by atoms with Gasteiger partial charge < -0.3 is 15.5 Å². The maximum absolute atomic E-state index is 12.6. The van der Waals surface area contributed by atoms with Crippen molar-refractivity contribution < 1.29 is 9.59 Å². The predicted molar refractivity (Wildman–Crippen MR) is 108 cm³/mol. The number of anilines is 1. The van der Waals surface area contributed by atoms with Crippen LogP contribution in [0, 0.1) is 0 Å². The van der Waals surface area contributed by atoms with Gasteiger partial charge in [0, 0.05) is 24.3 Å². The average Bonchev–Trinajstić information content (AvgIpc) is 2.73. The second kappa shape index (κ2) is 9.21. The highest BCUT2D eigenvalue weighted by molar-refractivity contribution is 5.95. The van der Waals surface area contributed by atoms with Crippen LogP contribution in [0.3, 0.4) is 0 Å². The number of piperidine rings is 1. The first-order chi connectivity index (χ1) is 13.1. The summed E-state index contributed by atoms with van der Waals surface area (Å²) in [5.41, 5.74) is 2.51. The van der Waals surface area contributed by atoms with E-state index in [0.717, 1.165) is 37.2 Å². The molecule has 0 aliphatic carbocycles. The van der Waals surface area contributed by atoms with Gasteiger partial charge in [0.25, 0.3) is 5.91 Å². The number of likely N-dealkylation sites (tertiary alicyclic amines) is 1. The zero-order valence-electron chi connectivity index (χ0n) is 15.8. The Labute approximate surface area is 160 Å². The van der Waals surface area contributed by atoms with Crippen LogP contribution < -0.4 is 10.6 Å². The van der Waals surface area contributed by atoms with Crippen molar-refractivity contribution in [2.45, 2.75) is 32.2 Å². The maximum Gasteiger partial charge on any atom is 0.253 e. The summed E-state index contributed by atoms with van der Waals surface area (Å²) in [5, 5.41) is 6.10. The SMILES string of the molecule is CC(NC(=O)CNc1cccc(C(=O)N2CCCCC2)c1)c1ccccc1. The first-order valence-electron chi connectivity index (χ1n) is 9.61. The molecule has 1 aliphatic heterocycles. The highest BCUT2D eigenvalue weighted by Gasteiger charge is 2.18. The monoisotopic (exact) mass is 365 g/mol. The summed E-state index contributed by atoms with van der Waals surface area (Å²) >= 11 is 0. The summed E-state index contributed by atoms with van der Waals surface area (Å²) < 4.78 is 0. The summed E-state index contributed by atoms with van der Waals surface area (Å²) in [4.78, 5) is 26.7. The van der Waals surface area contributed by atoms with Gasteiger partial charge in [-0.05, 0) is 49.9 Å². The van der Waals surface area contributed by atoms with E-state index in [1.807, 2.05) is 66.4 Å². The van der Waals surface area contributed by atoms with Gasteiger partial charge >= 0.3 is 0 Å². The number of carbonyl (C=O) groups is 2. The third-order valence-corrected chi connectivity index (χ3v) is 4.88. The molecular formula is C22H27N3O2. The quantitative estimate of drug-likeness (QED) is 0.822. The van der Waals surface area contributed by atoms with Crippen molar-refractivity contribution in [2.24, 2.45) is 0 Å². The molecule has 2 aromatic carbocycles. The third kappa shape index (κ3) is 5.33. The molecule has 0 saturated carbocycles. The van der Waals surface area contributed by atoms with Gasteiger partial charge in [0.1, 0.15) is 0 Å². The lowest BCUT2D eigenvalue weighted by Gasteiger charge is -2.26. The van der Waals surface area contributed by atoms with Crippen molar-refractivity contribution in [3.8, 4) is 0 Å². The van der Waals surface area contributed by atoms with E-state index >= 15 is 0 Å². The second-order valence-corrected chi connectivity index (χ2v) is 6.99. The van der Waals surface area contributed by atoms with Crippen LogP contribution in [0.1, 0.15) is 48.1 Å². The molecule has 3 rings (SSSR count). The van der Waals surface area contributed by atoms with Crippen molar-refractivity contribution in [3.63, 3.8) is 0 Å². The van der Waals surface area contributed by atoms with Gasteiger partial charge in [-0.1, -0.05) is 36.4 Å². The van der Waals surface area contributed by atoms with E-state index in [1.165, 1.54) is 6.42 Å². The van der Waals surface area contributed by atoms with Crippen molar-refractivity contribution >= 4 is 17.5 Å². The van der Waals surface area contributed by atoms with Crippen molar-refractivity contribution in [1.29, 1.82) is 0 Å². The highest BCUT2D eigenvalue weighted by Crippen LogP contribution is 2.16. The first-order valence-corrected chi connectivity index (χ1v) is 9.61. The Balaban J connectivity index is 1.53. The van der Waals surface area contributed by atoms with E-state index < -0.39 is 0 Å². The number of carbonyl (C=O) groups excluding carboxylic acids is 2. The van der Waals surface area contributed by atoms with E-state index in [0.29, 0.717) is 5.56 Å². The smallest absolute Gasteiger partial charge is 0.253 e. The van der Waals surface area contributed by atoms with Crippen LogP contribution >= 0.6 is 0 Å². The van der Waals surface area contributed by atoms with E-state index in [9.17, 15) is 9.59 Å². The van der Waals surface area contributed by atoms with E-state index in [-0.39, 0.29) is 24.4 Å². The first kappa shape index (κ1) is 19.0. The summed E-state index contributed by atoms with van der Waals surface area (Å²) in [5.74, 6) is -0.0142. The van der Waals surface area contributed by atoms with Crippen LogP contribution in [0.15, 0.2) is 54.6 Å². The zero-order valence-corrected chi connectivity index (χ0v) is 15.8. The minimum absolute atomic E-state index is 0.0486. The fourth-order valence-corrected chi connectivity index (χ4v) is 3.34. The Morgan fingerprint density at radius 1 is 1.00 bits per heavy atom. The third-order valence-electron chi connectivity index (χ3n) is 4.88. The van der Waals surface area contributed by atoms with Crippen LogP contribution in [0.2, 0.25) is 0 Å². The zero-order chi connectivity index (χ0) is 19.1. The summed E-state index contributed by atoms with van der Waals surface area (Å²) in [6.45, 7) is 3.79. The lowest BCUT2D eigenvalue weighted by molar-refractivity contribution is -0.120. The topological polar surface area (TPSA) is 61.4 Å². The highest BCUT2D eigenvalue weighted by atomic mass is 16.2. The Bertz CT molecular complexity index is 770. The summed E-state index contributed by atoms with van der Waals surface area (Å²) in [6, 6.07) is 17.2. The van der Waals surface area contributed by atoms with Gasteiger partial charge in [0.2, 0.25) is 5.91 Å². The van der Waals surface area contributed by atoms with E-state index in [4.69, 9.17) is 0 Å². The molecule has 1 atom stereocenters. The van der Waals surface area contributed by atoms with Crippen molar-refractivity contribution in [3.05, 3.63) is 65.7 Å². The Morgan fingerprint density at radius 3 is 2.48 bits per heavy atom. The van der Waals surface area contributed by atoms with Crippen LogP contribution in [0.4, 0.5) is 5.69 Å². The molecule has 0 aromatic heterocycles. The molecule has 27 heavy (non-hydrogen) atoms. The molecule has 142 valence electrons. The fraction of sp³-hybridized carbons (Fsp3) is 0.364. The molecule has 2 N–H and O–H groups in total. The number of amides is 2. The molecule has 2 amide bonds. The van der Waals surface area contributed by atoms with Crippen LogP contribution in [0.25, 0.3) is 0 Å². The molecule has 1 heterocycles. The molecule has 1 fully saturated rings. The van der Waals surface area contributed by atoms with E-state index in [2.05, 4.69) is 10.6 Å². The largest absolute Gasteiger partial charge is 0.376 e. The fourth-order valence-electron chi connectivity index (χ4n) is 3.34. The minimum Gasteiger partial charge on any atom is -0.376 e. The molecule has 1 unspecified atom stereocenters. The average molecular weight is 365 g/mol. The molecule has 2 aromatic rings. The van der Waals surface area contributed by atoms with Gasteiger partial charge in [-0.2, -0.15) is 0 Å². The van der Waals surface area contributed by atoms with Gasteiger partial charge in [-0.25, -0.2) is 0 Å². The summed E-state index contributed by atoms with van der Waals surface area (Å²) in [7, 11) is 0. The Morgan fingerprint density at radius 2 is 1.74 bits per heavy atom. The van der Waals surface area contributed by atoms with Crippen molar-refractivity contribution in [2.75, 3.05) is 25.0 Å². The van der Waals surface area contributed by atoms with Gasteiger partial charge in [0.15, 0.2) is 0 Å². The molecule has 0 spiro atoms. The Kier molecular flexibility index (Phi) is 6.47.